The summed E-state index contributed by atoms with van der Waals surface area (Å²) < 4.78 is 16.5. The second-order valence-electron chi connectivity index (χ2n) is 7.01. The fraction of sp³-hybridized carbons (Fsp3) is 0.364. The molecule has 7 nitrogen and oxygen atoms in total. The number of carboxylic acid groups (broad SMARTS) is 1. The summed E-state index contributed by atoms with van der Waals surface area (Å²) in [5, 5.41) is 12.7. The van der Waals surface area contributed by atoms with Crippen LogP contribution >= 0.6 is 11.6 Å². The number of nitrogens with one attached hydrogen (secondary N) is 1. The Hall–Kier alpha value is -2.77. The molecule has 1 heterocycles. The largest absolute Gasteiger partial charge is 0.493 e. The van der Waals surface area contributed by atoms with Crippen molar-refractivity contribution in [2.45, 2.75) is 38.4 Å². The monoisotopic (exact) mass is 433 g/mol. The molecule has 0 spiro atoms. The zero-order chi connectivity index (χ0) is 21.6. The number of aliphatic carboxylic acids is 1. The number of carbonyl (C=O) groups is 2. The lowest BCUT2D eigenvalue weighted by molar-refractivity contribution is -0.159. The average Bonchev–Trinajstić information content (AvgIpc) is 3.18. The Morgan fingerprint density at radius 3 is 2.77 bits per heavy atom. The third-order valence-electron chi connectivity index (χ3n) is 4.84. The van der Waals surface area contributed by atoms with Crippen molar-refractivity contribution in [2.24, 2.45) is 0 Å². The van der Waals surface area contributed by atoms with Crippen molar-refractivity contribution in [1.82, 2.24) is 0 Å². The van der Waals surface area contributed by atoms with Gasteiger partial charge in [-0.2, -0.15) is 0 Å². The molecule has 1 unspecified atom stereocenters. The van der Waals surface area contributed by atoms with Gasteiger partial charge in [0.1, 0.15) is 12.4 Å². The summed E-state index contributed by atoms with van der Waals surface area (Å²) in [4.78, 5) is 23.9. The second-order valence-corrected chi connectivity index (χ2v) is 7.45. The van der Waals surface area contributed by atoms with Crippen molar-refractivity contribution in [2.75, 3.05) is 18.5 Å². The topological polar surface area (TPSA) is 94.1 Å². The highest BCUT2D eigenvalue weighted by Crippen LogP contribution is 2.32. The van der Waals surface area contributed by atoms with E-state index in [1.807, 2.05) is 13.0 Å². The van der Waals surface area contributed by atoms with Crippen LogP contribution in [0.25, 0.3) is 0 Å². The van der Waals surface area contributed by atoms with Gasteiger partial charge in [0.25, 0.3) is 0 Å². The van der Waals surface area contributed by atoms with Gasteiger partial charge in [-0.1, -0.05) is 23.7 Å². The van der Waals surface area contributed by atoms with Crippen molar-refractivity contribution >= 4 is 29.4 Å². The molecule has 0 aliphatic carbocycles. The fourth-order valence-electron chi connectivity index (χ4n) is 3.43. The predicted molar refractivity (Wildman–Crippen MR) is 112 cm³/mol. The smallest absolute Gasteiger partial charge is 0.411 e. The number of ether oxygens (including phenoxy) is 3. The van der Waals surface area contributed by atoms with E-state index in [9.17, 15) is 14.7 Å². The Balaban J connectivity index is 1.71. The zero-order valence-electron chi connectivity index (χ0n) is 16.7. The lowest BCUT2D eigenvalue weighted by atomic mass is 9.91. The average molecular weight is 434 g/mol. The van der Waals surface area contributed by atoms with Gasteiger partial charge in [0.15, 0.2) is 5.60 Å². The molecule has 0 saturated carbocycles. The van der Waals surface area contributed by atoms with Crippen molar-refractivity contribution in [3.63, 3.8) is 0 Å². The minimum absolute atomic E-state index is 0.0312. The van der Waals surface area contributed by atoms with Gasteiger partial charge in [-0.15, -0.1) is 0 Å². The number of amides is 1. The van der Waals surface area contributed by atoms with Crippen LogP contribution < -0.4 is 10.1 Å². The first kappa shape index (κ1) is 21.9. The molecule has 1 saturated heterocycles. The number of benzene rings is 2. The summed E-state index contributed by atoms with van der Waals surface area (Å²) in [5.41, 5.74) is 0.730. The summed E-state index contributed by atoms with van der Waals surface area (Å²) >= 11 is 5.92. The van der Waals surface area contributed by atoms with Crippen molar-refractivity contribution < 1.29 is 28.9 Å². The Morgan fingerprint density at radius 1 is 1.27 bits per heavy atom. The van der Waals surface area contributed by atoms with E-state index >= 15 is 0 Å². The summed E-state index contributed by atoms with van der Waals surface area (Å²) in [6, 6.07) is 12.1. The molecule has 0 bridgehead atoms. The van der Waals surface area contributed by atoms with Gasteiger partial charge in [0, 0.05) is 29.3 Å². The lowest BCUT2D eigenvalue weighted by Crippen LogP contribution is -2.40. The number of carboxylic acids is 1. The van der Waals surface area contributed by atoms with Crippen LogP contribution in [0, 0.1) is 0 Å². The third-order valence-corrected chi connectivity index (χ3v) is 5.07. The first-order valence-corrected chi connectivity index (χ1v) is 10.1. The van der Waals surface area contributed by atoms with Gasteiger partial charge in [-0.25, -0.2) is 9.59 Å². The molecule has 1 atom stereocenters. The molecule has 8 heteroatoms. The Morgan fingerprint density at radius 2 is 2.10 bits per heavy atom. The maximum atomic E-state index is 12.2. The second kappa shape index (κ2) is 9.82. The minimum atomic E-state index is -1.21. The number of hydrogen-bond donors (Lipinski definition) is 2. The molecule has 1 fully saturated rings. The van der Waals surface area contributed by atoms with Crippen LogP contribution in [0.1, 0.15) is 30.9 Å². The van der Waals surface area contributed by atoms with Crippen LogP contribution in [0.3, 0.4) is 0 Å². The summed E-state index contributed by atoms with van der Waals surface area (Å²) in [5.74, 6) is -0.388. The van der Waals surface area contributed by atoms with Crippen molar-refractivity contribution in [1.29, 1.82) is 0 Å². The van der Waals surface area contributed by atoms with E-state index < -0.39 is 17.7 Å². The first-order chi connectivity index (χ1) is 14.4. The number of halogens is 1. The van der Waals surface area contributed by atoms with E-state index in [1.54, 1.807) is 36.4 Å². The van der Waals surface area contributed by atoms with Gasteiger partial charge in [-0.05, 0) is 55.7 Å². The molecule has 30 heavy (non-hydrogen) atoms. The molecule has 0 aromatic heterocycles. The van der Waals surface area contributed by atoms with E-state index in [4.69, 9.17) is 25.8 Å². The van der Waals surface area contributed by atoms with Crippen LogP contribution in [-0.2, 0) is 27.3 Å². The number of carbonyl (C=O) groups excluding carboxylic acids is 1. The van der Waals surface area contributed by atoms with Crippen LogP contribution in [0.15, 0.2) is 42.5 Å². The quantitative estimate of drug-likeness (QED) is 0.628. The van der Waals surface area contributed by atoms with Crippen molar-refractivity contribution in [3.05, 3.63) is 58.6 Å². The molecule has 1 amide bonds. The van der Waals surface area contributed by atoms with Gasteiger partial charge in [-0.3, -0.25) is 5.32 Å². The molecule has 160 valence electrons. The summed E-state index contributed by atoms with van der Waals surface area (Å²) in [6.45, 7) is 2.71. The predicted octanol–water partition coefficient (Wildman–Crippen LogP) is 4.66. The standard InChI is InChI=1S/C22H24ClNO6/c1-2-28-19-8-7-15(13-22(20(25)26)9-4-10-30-22)11-16(19)14-29-21(27)24-18-6-3-5-17(23)12-18/h3,5-8,11-12H,2,4,9-10,13-14H2,1H3,(H,24,27)(H,25,26). The summed E-state index contributed by atoms with van der Waals surface area (Å²) in [6.07, 6.45) is 0.772. The molecule has 0 radical (unpaired) electrons. The van der Waals surface area contributed by atoms with E-state index in [0.717, 1.165) is 5.56 Å². The fourth-order valence-corrected chi connectivity index (χ4v) is 3.62. The SMILES string of the molecule is CCOc1ccc(CC2(C(=O)O)CCCO2)cc1COC(=O)Nc1cccc(Cl)c1. The highest BCUT2D eigenvalue weighted by Gasteiger charge is 2.43. The van der Waals surface area contributed by atoms with Gasteiger partial charge in [0.2, 0.25) is 0 Å². The molecule has 1 aliphatic heterocycles. The summed E-state index contributed by atoms with van der Waals surface area (Å²) in [7, 11) is 0. The maximum absolute atomic E-state index is 12.2. The molecule has 2 aromatic carbocycles. The zero-order valence-corrected chi connectivity index (χ0v) is 17.4. The van der Waals surface area contributed by atoms with Gasteiger partial charge >= 0.3 is 12.1 Å². The van der Waals surface area contributed by atoms with Crippen LogP contribution in [-0.4, -0.2) is 36.0 Å². The number of anilines is 1. The molecule has 1 aliphatic rings. The molecule has 2 N–H and O–H groups in total. The third kappa shape index (κ3) is 5.43. The molecule has 3 rings (SSSR count). The van der Waals surface area contributed by atoms with Crippen LogP contribution in [0.4, 0.5) is 10.5 Å². The Kier molecular flexibility index (Phi) is 7.18. The van der Waals surface area contributed by atoms with E-state index in [-0.39, 0.29) is 13.0 Å². The van der Waals surface area contributed by atoms with Crippen molar-refractivity contribution in [3.8, 4) is 5.75 Å². The van der Waals surface area contributed by atoms with E-state index in [0.29, 0.717) is 48.1 Å². The number of hydrogen-bond acceptors (Lipinski definition) is 5. The Labute approximate surface area is 179 Å². The highest BCUT2D eigenvalue weighted by atomic mass is 35.5. The van der Waals surface area contributed by atoms with Crippen LogP contribution in [0.2, 0.25) is 5.02 Å². The normalized spacial score (nSPS) is 18.1. The molecular formula is C22H24ClNO6. The number of rotatable bonds is 8. The molecule has 2 aromatic rings. The first-order valence-electron chi connectivity index (χ1n) is 9.73. The van der Waals surface area contributed by atoms with E-state index in [2.05, 4.69) is 5.32 Å². The van der Waals surface area contributed by atoms with E-state index in [1.165, 1.54) is 0 Å². The maximum Gasteiger partial charge on any atom is 0.411 e. The van der Waals surface area contributed by atoms with Crippen LogP contribution in [0.5, 0.6) is 5.75 Å². The van der Waals surface area contributed by atoms with Gasteiger partial charge < -0.3 is 19.3 Å². The Bertz CT molecular complexity index is 910. The lowest BCUT2D eigenvalue weighted by Gasteiger charge is -2.24. The molecular weight excluding hydrogens is 410 g/mol. The highest BCUT2D eigenvalue weighted by molar-refractivity contribution is 6.30. The van der Waals surface area contributed by atoms with Gasteiger partial charge in [0.05, 0.1) is 6.61 Å². The minimum Gasteiger partial charge on any atom is -0.493 e.